The fourth-order valence-corrected chi connectivity index (χ4v) is 3.82. The molecule has 0 radical (unpaired) electrons. The van der Waals surface area contributed by atoms with Gasteiger partial charge in [0.2, 0.25) is 11.8 Å². The minimum Gasteiger partial charge on any atom is -0.379 e. The fourth-order valence-electron chi connectivity index (χ4n) is 3.20. The highest BCUT2D eigenvalue weighted by Gasteiger charge is 2.46. The molecular formula is C21H31Cl2N3O5S. The van der Waals surface area contributed by atoms with E-state index in [0.29, 0.717) is 27.9 Å². The first-order valence-electron chi connectivity index (χ1n) is 10.1. The molecule has 5 N–H and O–H groups in total. The number of hydrogen-bond acceptors (Lipinski definition) is 6. The van der Waals surface area contributed by atoms with E-state index in [1.807, 2.05) is 6.26 Å². The van der Waals surface area contributed by atoms with Crippen molar-refractivity contribution in [2.24, 2.45) is 11.8 Å². The molecular weight excluding hydrogens is 477 g/mol. The lowest BCUT2D eigenvalue weighted by Crippen LogP contribution is -2.60. The van der Waals surface area contributed by atoms with E-state index in [2.05, 4.69) is 10.6 Å². The highest BCUT2D eigenvalue weighted by atomic mass is 35.5. The molecule has 1 unspecified atom stereocenters. The van der Waals surface area contributed by atoms with E-state index < -0.39 is 35.3 Å². The van der Waals surface area contributed by atoms with Gasteiger partial charge in [-0.3, -0.25) is 19.6 Å². The first-order valence-corrected chi connectivity index (χ1v) is 12.3. The summed E-state index contributed by atoms with van der Waals surface area (Å²) >= 11 is 13.6. The summed E-state index contributed by atoms with van der Waals surface area (Å²) in [5.74, 6) is -2.96. The molecule has 0 aliphatic heterocycles. The molecule has 0 aliphatic rings. The van der Waals surface area contributed by atoms with Crippen molar-refractivity contribution >= 4 is 52.7 Å². The van der Waals surface area contributed by atoms with Crippen LogP contribution in [-0.2, 0) is 20.8 Å². The second-order valence-electron chi connectivity index (χ2n) is 7.98. The molecule has 1 aromatic carbocycles. The van der Waals surface area contributed by atoms with E-state index in [4.69, 9.17) is 28.4 Å². The molecule has 3 amide bonds. The van der Waals surface area contributed by atoms with Gasteiger partial charge < -0.3 is 15.7 Å². The largest absolute Gasteiger partial charge is 0.379 e. The number of halogens is 2. The van der Waals surface area contributed by atoms with Crippen molar-refractivity contribution in [3.8, 4) is 0 Å². The first kappa shape index (κ1) is 28.5. The highest BCUT2D eigenvalue weighted by molar-refractivity contribution is 7.98. The van der Waals surface area contributed by atoms with Crippen molar-refractivity contribution in [2.45, 2.75) is 45.3 Å². The summed E-state index contributed by atoms with van der Waals surface area (Å²) in [5.41, 5.74) is -0.0187. The molecule has 1 rings (SSSR count). The predicted octanol–water partition coefficient (Wildman–Crippen LogP) is 2.42. The van der Waals surface area contributed by atoms with Crippen LogP contribution in [0.1, 0.15) is 32.8 Å². The third-order valence-electron chi connectivity index (χ3n) is 4.98. The van der Waals surface area contributed by atoms with Gasteiger partial charge in [-0.2, -0.15) is 11.8 Å². The molecule has 32 heavy (non-hydrogen) atoms. The Morgan fingerprint density at radius 3 is 2.31 bits per heavy atom. The lowest BCUT2D eigenvalue weighted by molar-refractivity contribution is -0.159. The van der Waals surface area contributed by atoms with Crippen molar-refractivity contribution in [2.75, 3.05) is 18.6 Å². The van der Waals surface area contributed by atoms with Crippen LogP contribution in [0.5, 0.6) is 0 Å². The number of aliphatic hydroxyl groups is 1. The topological polar surface area (TPSA) is 128 Å². The van der Waals surface area contributed by atoms with Crippen LogP contribution < -0.4 is 16.1 Å². The summed E-state index contributed by atoms with van der Waals surface area (Å²) in [5, 5.41) is 26.1. The SMILES string of the molecule is CSCCNC(=O)[C@H](Cc1ccc(Cl)c(Cl)c1)NC(=O)[C@](O)(CC(C)C)C(C)C(=O)NO. The third kappa shape index (κ3) is 8.12. The Kier molecular flexibility index (Phi) is 11.8. The van der Waals surface area contributed by atoms with E-state index >= 15 is 0 Å². The average Bonchev–Trinajstić information content (AvgIpc) is 2.74. The molecule has 3 atom stereocenters. The molecule has 8 nitrogen and oxygen atoms in total. The maximum Gasteiger partial charge on any atom is 0.253 e. The van der Waals surface area contributed by atoms with Crippen LogP contribution in [0, 0.1) is 11.8 Å². The smallest absolute Gasteiger partial charge is 0.253 e. The Bertz CT molecular complexity index is 812. The normalized spacial score (nSPS) is 14.9. The van der Waals surface area contributed by atoms with Gasteiger partial charge in [0.15, 0.2) is 5.60 Å². The molecule has 11 heteroatoms. The standard InChI is InChI=1S/C21H31Cl2N3O5S/c1-12(2)11-21(30,13(3)18(27)26-31)20(29)25-17(19(28)24-7-8-32-4)10-14-5-6-15(22)16(23)9-14/h5-6,9,12-13,17,30-31H,7-8,10-11H2,1-4H3,(H,24,28)(H,25,29)(H,26,27)/t13?,17-,21-/m0/s1. The lowest BCUT2D eigenvalue weighted by atomic mass is 9.80. The molecule has 0 aromatic heterocycles. The second kappa shape index (κ2) is 13.3. The van der Waals surface area contributed by atoms with Crippen molar-refractivity contribution in [3.05, 3.63) is 33.8 Å². The molecule has 0 spiro atoms. The molecule has 0 saturated carbocycles. The van der Waals surface area contributed by atoms with Gasteiger partial charge in [-0.1, -0.05) is 50.0 Å². The van der Waals surface area contributed by atoms with Crippen molar-refractivity contribution < 1.29 is 24.7 Å². The Morgan fingerprint density at radius 1 is 1.12 bits per heavy atom. The van der Waals surface area contributed by atoms with Gasteiger partial charge in [-0.25, -0.2) is 5.48 Å². The number of benzene rings is 1. The van der Waals surface area contributed by atoms with Crippen molar-refractivity contribution in [3.63, 3.8) is 0 Å². The molecule has 0 aliphatic carbocycles. The summed E-state index contributed by atoms with van der Waals surface area (Å²) in [7, 11) is 0. The van der Waals surface area contributed by atoms with Crippen molar-refractivity contribution in [1.29, 1.82) is 0 Å². The van der Waals surface area contributed by atoms with Gasteiger partial charge in [0.1, 0.15) is 6.04 Å². The van der Waals surface area contributed by atoms with Gasteiger partial charge >= 0.3 is 0 Å². The van der Waals surface area contributed by atoms with E-state index in [9.17, 15) is 19.5 Å². The van der Waals surface area contributed by atoms with E-state index in [1.54, 1.807) is 43.8 Å². The van der Waals surface area contributed by atoms with Crippen LogP contribution in [0.2, 0.25) is 10.0 Å². The lowest BCUT2D eigenvalue weighted by Gasteiger charge is -2.34. The van der Waals surface area contributed by atoms with Crippen LogP contribution in [0.15, 0.2) is 18.2 Å². The zero-order valence-corrected chi connectivity index (χ0v) is 20.9. The maximum absolute atomic E-state index is 13.2. The van der Waals surface area contributed by atoms with Crippen LogP contribution in [-0.4, -0.2) is 58.2 Å². The predicted molar refractivity (Wildman–Crippen MR) is 127 cm³/mol. The number of hydroxylamine groups is 1. The van der Waals surface area contributed by atoms with Gasteiger partial charge in [-0.15, -0.1) is 0 Å². The summed E-state index contributed by atoms with van der Waals surface area (Å²) < 4.78 is 0. The fraction of sp³-hybridized carbons (Fsp3) is 0.571. The van der Waals surface area contributed by atoms with E-state index in [-0.39, 0.29) is 18.8 Å². The first-order chi connectivity index (χ1) is 15.0. The zero-order valence-electron chi connectivity index (χ0n) is 18.6. The van der Waals surface area contributed by atoms with E-state index in [1.165, 1.54) is 12.4 Å². The number of amides is 3. The Hall–Kier alpha value is -1.52. The van der Waals surface area contributed by atoms with Crippen LogP contribution in [0.4, 0.5) is 0 Å². The maximum atomic E-state index is 13.2. The summed E-state index contributed by atoms with van der Waals surface area (Å²) in [6.07, 6.45) is 1.94. The Balaban J connectivity index is 3.20. The molecule has 0 heterocycles. The quantitative estimate of drug-likeness (QED) is 0.168. The molecule has 0 bridgehead atoms. The minimum atomic E-state index is -2.14. The van der Waals surface area contributed by atoms with Gasteiger partial charge in [0, 0.05) is 18.7 Å². The monoisotopic (exact) mass is 507 g/mol. The van der Waals surface area contributed by atoms with Crippen LogP contribution in [0.3, 0.4) is 0 Å². The third-order valence-corrected chi connectivity index (χ3v) is 6.33. The number of carbonyl (C=O) groups excluding carboxylic acids is 3. The Labute approximate surface area is 202 Å². The minimum absolute atomic E-state index is 0.0546. The van der Waals surface area contributed by atoms with Gasteiger partial charge in [-0.05, 0) is 36.3 Å². The molecule has 0 fully saturated rings. The summed E-state index contributed by atoms with van der Waals surface area (Å²) in [6.45, 7) is 5.29. The highest BCUT2D eigenvalue weighted by Crippen LogP contribution is 2.27. The number of thioether (sulfide) groups is 1. The number of carbonyl (C=O) groups is 3. The van der Waals surface area contributed by atoms with Crippen molar-refractivity contribution in [1.82, 2.24) is 16.1 Å². The average molecular weight is 508 g/mol. The van der Waals surface area contributed by atoms with Crippen LogP contribution >= 0.6 is 35.0 Å². The van der Waals surface area contributed by atoms with Gasteiger partial charge in [0.05, 0.1) is 16.0 Å². The molecule has 180 valence electrons. The zero-order chi connectivity index (χ0) is 24.5. The number of hydrogen-bond donors (Lipinski definition) is 5. The van der Waals surface area contributed by atoms with Crippen LogP contribution in [0.25, 0.3) is 0 Å². The molecule has 0 saturated heterocycles. The number of rotatable bonds is 12. The number of nitrogens with one attached hydrogen (secondary N) is 3. The summed E-state index contributed by atoms with van der Waals surface area (Å²) in [4.78, 5) is 38.0. The Morgan fingerprint density at radius 2 is 1.78 bits per heavy atom. The summed E-state index contributed by atoms with van der Waals surface area (Å²) in [6, 6.07) is 3.84. The van der Waals surface area contributed by atoms with Gasteiger partial charge in [0.25, 0.3) is 5.91 Å². The second-order valence-corrected chi connectivity index (χ2v) is 9.78. The molecule has 1 aromatic rings. The van der Waals surface area contributed by atoms with E-state index in [0.717, 1.165) is 0 Å².